The molecule has 0 spiro atoms. The number of hydrogen-bond donors (Lipinski definition) is 1. The highest BCUT2D eigenvalue weighted by atomic mass is 16.5. The maximum absolute atomic E-state index is 12.6. The highest BCUT2D eigenvalue weighted by Gasteiger charge is 2.23. The van der Waals surface area contributed by atoms with E-state index in [1.807, 2.05) is 0 Å². The van der Waals surface area contributed by atoms with Crippen molar-refractivity contribution < 1.29 is 19.0 Å². The van der Waals surface area contributed by atoms with Crippen molar-refractivity contribution in [3.05, 3.63) is 23.8 Å². The van der Waals surface area contributed by atoms with Crippen LogP contribution in [0, 0.1) is 5.92 Å². The number of carbonyl (C=O) groups excluding carboxylic acids is 1. The fourth-order valence-electron chi connectivity index (χ4n) is 3.14. The zero-order chi connectivity index (χ0) is 18.2. The fraction of sp³-hybridized carbons (Fsp3) is 0.632. The number of nitrogens with zero attached hydrogens (tertiary/aromatic N) is 1. The van der Waals surface area contributed by atoms with E-state index in [0.717, 1.165) is 32.7 Å². The van der Waals surface area contributed by atoms with Crippen molar-refractivity contribution in [3.63, 3.8) is 0 Å². The number of benzene rings is 1. The Morgan fingerprint density at radius 1 is 1.24 bits per heavy atom. The molecule has 25 heavy (non-hydrogen) atoms. The van der Waals surface area contributed by atoms with Gasteiger partial charge in [-0.15, -0.1) is 0 Å². The zero-order valence-electron chi connectivity index (χ0n) is 15.7. The average Bonchev–Trinajstić information content (AvgIpc) is 2.64. The molecular weight excluding hydrogens is 320 g/mol. The minimum atomic E-state index is -0.124. The van der Waals surface area contributed by atoms with Gasteiger partial charge in [-0.1, -0.05) is 13.8 Å². The first-order chi connectivity index (χ1) is 12.0. The van der Waals surface area contributed by atoms with Gasteiger partial charge in [0.2, 0.25) is 0 Å². The molecule has 0 aromatic heterocycles. The van der Waals surface area contributed by atoms with Crippen molar-refractivity contribution in [1.29, 1.82) is 0 Å². The van der Waals surface area contributed by atoms with Crippen LogP contribution in [0.5, 0.6) is 11.5 Å². The van der Waals surface area contributed by atoms with Crippen molar-refractivity contribution in [1.82, 2.24) is 10.2 Å². The second kappa shape index (κ2) is 9.63. The molecule has 1 unspecified atom stereocenters. The van der Waals surface area contributed by atoms with Crippen LogP contribution in [0.1, 0.15) is 30.6 Å². The minimum Gasteiger partial charge on any atom is -0.497 e. The van der Waals surface area contributed by atoms with Gasteiger partial charge in [0.1, 0.15) is 11.5 Å². The predicted octanol–water partition coefficient (Wildman–Crippen LogP) is 2.18. The molecule has 0 aliphatic carbocycles. The average molecular weight is 350 g/mol. The number of hydrogen-bond acceptors (Lipinski definition) is 5. The Balaban J connectivity index is 2.02. The van der Waals surface area contributed by atoms with Crippen LogP contribution in [0.25, 0.3) is 0 Å². The highest BCUT2D eigenvalue weighted by Crippen LogP contribution is 2.24. The van der Waals surface area contributed by atoms with Crippen LogP contribution in [0.3, 0.4) is 0 Å². The van der Waals surface area contributed by atoms with Crippen LogP contribution >= 0.6 is 0 Å². The summed E-state index contributed by atoms with van der Waals surface area (Å²) in [6.07, 6.45) is 1.04. The van der Waals surface area contributed by atoms with E-state index >= 15 is 0 Å². The quantitative estimate of drug-likeness (QED) is 0.779. The van der Waals surface area contributed by atoms with Crippen molar-refractivity contribution in [2.24, 2.45) is 5.92 Å². The second-order valence-electron chi connectivity index (χ2n) is 6.71. The van der Waals surface area contributed by atoms with Crippen molar-refractivity contribution >= 4 is 5.91 Å². The summed E-state index contributed by atoms with van der Waals surface area (Å²) >= 11 is 0. The van der Waals surface area contributed by atoms with Crippen LogP contribution in [0.2, 0.25) is 0 Å². The lowest BCUT2D eigenvalue weighted by Gasteiger charge is -2.35. The molecule has 1 aromatic carbocycles. The summed E-state index contributed by atoms with van der Waals surface area (Å²) in [4.78, 5) is 15.0. The number of nitrogens with one attached hydrogen (secondary N) is 1. The molecule has 0 saturated carbocycles. The third-order valence-electron chi connectivity index (χ3n) is 4.46. The van der Waals surface area contributed by atoms with Gasteiger partial charge in [-0.05, 0) is 24.5 Å². The highest BCUT2D eigenvalue weighted by molar-refractivity contribution is 5.97. The molecule has 0 radical (unpaired) electrons. The lowest BCUT2D eigenvalue weighted by Crippen LogP contribution is -2.49. The zero-order valence-corrected chi connectivity index (χ0v) is 15.7. The molecule has 1 saturated heterocycles. The first-order valence-electron chi connectivity index (χ1n) is 8.87. The van der Waals surface area contributed by atoms with Crippen LogP contribution in [0.15, 0.2) is 18.2 Å². The molecule has 1 amide bonds. The molecule has 6 nitrogen and oxygen atoms in total. The lowest BCUT2D eigenvalue weighted by atomic mass is 10.0. The summed E-state index contributed by atoms with van der Waals surface area (Å²) in [5.74, 6) is 1.63. The number of rotatable bonds is 8. The number of methoxy groups -OCH3 is 2. The molecule has 1 aliphatic rings. The van der Waals surface area contributed by atoms with Gasteiger partial charge in [-0.3, -0.25) is 9.69 Å². The third kappa shape index (κ3) is 5.61. The third-order valence-corrected chi connectivity index (χ3v) is 4.46. The maximum atomic E-state index is 12.6. The Hall–Kier alpha value is -1.79. The standard InChI is InChI=1S/C19H30N2O4/c1-14(2)11-15(21-7-9-25-10-8-21)13-20-19(22)17-6-5-16(23-3)12-18(17)24-4/h5-6,12,14-15H,7-11,13H2,1-4H3,(H,20,22). The Labute approximate surface area is 150 Å². The second-order valence-corrected chi connectivity index (χ2v) is 6.71. The predicted molar refractivity (Wildman–Crippen MR) is 97.5 cm³/mol. The maximum Gasteiger partial charge on any atom is 0.255 e. The summed E-state index contributed by atoms with van der Waals surface area (Å²) in [5, 5.41) is 3.07. The molecule has 1 heterocycles. The Morgan fingerprint density at radius 3 is 2.56 bits per heavy atom. The van der Waals surface area contributed by atoms with E-state index in [9.17, 15) is 4.79 Å². The molecule has 2 rings (SSSR count). The first kappa shape index (κ1) is 19.5. The summed E-state index contributed by atoms with van der Waals surface area (Å²) in [7, 11) is 3.15. The Morgan fingerprint density at radius 2 is 1.96 bits per heavy atom. The summed E-state index contributed by atoms with van der Waals surface area (Å²) in [5.41, 5.74) is 0.522. The van der Waals surface area contributed by atoms with E-state index in [2.05, 4.69) is 24.1 Å². The van der Waals surface area contributed by atoms with E-state index < -0.39 is 0 Å². The molecule has 1 aliphatic heterocycles. The van der Waals surface area contributed by atoms with Gasteiger partial charge < -0.3 is 19.5 Å². The van der Waals surface area contributed by atoms with Crippen LogP contribution in [-0.2, 0) is 4.74 Å². The van der Waals surface area contributed by atoms with E-state index in [4.69, 9.17) is 14.2 Å². The van der Waals surface area contributed by atoms with Crippen molar-refractivity contribution in [3.8, 4) is 11.5 Å². The first-order valence-corrected chi connectivity index (χ1v) is 8.87. The lowest BCUT2D eigenvalue weighted by molar-refractivity contribution is 0.0124. The minimum absolute atomic E-state index is 0.124. The molecule has 6 heteroatoms. The number of carbonyl (C=O) groups is 1. The Bertz CT molecular complexity index is 556. The largest absolute Gasteiger partial charge is 0.497 e. The normalized spacial score (nSPS) is 16.5. The number of morpholine rings is 1. The van der Waals surface area contributed by atoms with Crippen LogP contribution in [0.4, 0.5) is 0 Å². The summed E-state index contributed by atoms with van der Waals surface area (Å²) in [6, 6.07) is 5.55. The van der Waals surface area contributed by atoms with Gasteiger partial charge in [0.25, 0.3) is 5.91 Å². The van der Waals surface area contributed by atoms with Gasteiger partial charge >= 0.3 is 0 Å². The molecule has 140 valence electrons. The van der Waals surface area contributed by atoms with Crippen molar-refractivity contribution in [2.45, 2.75) is 26.3 Å². The molecule has 1 atom stereocenters. The van der Waals surface area contributed by atoms with Crippen molar-refractivity contribution in [2.75, 3.05) is 47.1 Å². The van der Waals surface area contributed by atoms with E-state index in [1.54, 1.807) is 32.4 Å². The molecule has 0 bridgehead atoms. The number of amides is 1. The van der Waals surface area contributed by atoms with Gasteiger partial charge in [-0.2, -0.15) is 0 Å². The van der Waals surface area contributed by atoms with Gasteiger partial charge in [0, 0.05) is 31.7 Å². The molecule has 1 aromatic rings. The summed E-state index contributed by atoms with van der Waals surface area (Å²) in [6.45, 7) is 8.39. The monoisotopic (exact) mass is 350 g/mol. The van der Waals surface area contributed by atoms with E-state index in [-0.39, 0.29) is 5.91 Å². The SMILES string of the molecule is COc1ccc(C(=O)NCC(CC(C)C)N2CCOCC2)c(OC)c1. The number of ether oxygens (including phenoxy) is 3. The van der Waals surface area contributed by atoms with E-state index in [0.29, 0.717) is 35.6 Å². The van der Waals surface area contributed by atoms with Crippen LogP contribution in [-0.4, -0.2) is 63.9 Å². The topological polar surface area (TPSA) is 60.0 Å². The smallest absolute Gasteiger partial charge is 0.255 e. The fourth-order valence-corrected chi connectivity index (χ4v) is 3.14. The van der Waals surface area contributed by atoms with Gasteiger partial charge in [0.05, 0.1) is 33.0 Å². The molecule has 1 N–H and O–H groups in total. The molecule has 1 fully saturated rings. The van der Waals surface area contributed by atoms with Gasteiger partial charge in [-0.25, -0.2) is 0 Å². The molecular formula is C19H30N2O4. The Kier molecular flexibility index (Phi) is 7.52. The van der Waals surface area contributed by atoms with Gasteiger partial charge in [0.15, 0.2) is 0 Å². The van der Waals surface area contributed by atoms with E-state index in [1.165, 1.54) is 0 Å². The summed E-state index contributed by atoms with van der Waals surface area (Å²) < 4.78 is 16.0. The van der Waals surface area contributed by atoms with Crippen LogP contribution < -0.4 is 14.8 Å².